The van der Waals surface area contributed by atoms with Crippen molar-refractivity contribution < 1.29 is 22.8 Å². The lowest BCUT2D eigenvalue weighted by molar-refractivity contribution is -0.131. The summed E-state index contributed by atoms with van der Waals surface area (Å²) in [6, 6.07) is 7.69. The average molecular weight is 428 g/mol. The van der Waals surface area contributed by atoms with E-state index in [0.717, 1.165) is 4.90 Å². The van der Waals surface area contributed by atoms with Gasteiger partial charge in [0.1, 0.15) is 11.9 Å². The number of nitriles is 1. The van der Waals surface area contributed by atoms with Gasteiger partial charge in [0.15, 0.2) is 0 Å². The summed E-state index contributed by atoms with van der Waals surface area (Å²) in [5.41, 5.74) is 2.11. The Kier molecular flexibility index (Phi) is 6.39. The maximum absolute atomic E-state index is 13.5. The number of nitrogens with one attached hydrogen (secondary N) is 1. The van der Waals surface area contributed by atoms with Crippen LogP contribution in [0.2, 0.25) is 0 Å². The maximum Gasteiger partial charge on any atom is 0.268 e. The normalized spacial score (nSPS) is 17.1. The SMILES string of the molecule is C=C(Cc1cnccc1C(=O)NCC(=O)N1CC(F)(F)CC1C#N)c1ccc(F)cc1. The lowest BCUT2D eigenvalue weighted by Gasteiger charge is -2.19. The second kappa shape index (κ2) is 9.00. The number of hydrogen-bond acceptors (Lipinski definition) is 4. The summed E-state index contributed by atoms with van der Waals surface area (Å²) in [5.74, 6) is -4.85. The van der Waals surface area contributed by atoms with E-state index in [4.69, 9.17) is 5.26 Å². The smallest absolute Gasteiger partial charge is 0.268 e. The Balaban J connectivity index is 1.66. The van der Waals surface area contributed by atoms with Crippen LogP contribution in [-0.2, 0) is 11.2 Å². The zero-order valence-electron chi connectivity index (χ0n) is 16.4. The second-order valence-corrected chi connectivity index (χ2v) is 7.23. The number of carbonyl (C=O) groups is 2. The molecule has 1 aromatic heterocycles. The predicted octanol–water partition coefficient (Wildman–Crippen LogP) is 2.97. The van der Waals surface area contributed by atoms with Gasteiger partial charge >= 0.3 is 0 Å². The highest BCUT2D eigenvalue weighted by atomic mass is 19.3. The summed E-state index contributed by atoms with van der Waals surface area (Å²) < 4.78 is 40.2. The first kappa shape index (κ1) is 22.0. The Morgan fingerprint density at radius 2 is 2.00 bits per heavy atom. The molecule has 9 heteroatoms. The summed E-state index contributed by atoms with van der Waals surface area (Å²) in [5, 5.41) is 11.4. The van der Waals surface area contributed by atoms with Crippen molar-refractivity contribution in [3.8, 4) is 6.07 Å². The number of allylic oxidation sites excluding steroid dienone is 1. The predicted molar refractivity (Wildman–Crippen MR) is 106 cm³/mol. The molecule has 0 spiro atoms. The highest BCUT2D eigenvalue weighted by molar-refractivity contribution is 5.98. The topological polar surface area (TPSA) is 86.1 Å². The lowest BCUT2D eigenvalue weighted by atomic mass is 9.97. The lowest BCUT2D eigenvalue weighted by Crippen LogP contribution is -2.43. The van der Waals surface area contributed by atoms with Gasteiger partial charge in [-0.3, -0.25) is 14.6 Å². The molecule has 2 heterocycles. The zero-order chi connectivity index (χ0) is 22.6. The monoisotopic (exact) mass is 428 g/mol. The maximum atomic E-state index is 13.5. The van der Waals surface area contributed by atoms with Crippen LogP contribution in [0, 0.1) is 17.1 Å². The number of benzene rings is 1. The number of carbonyl (C=O) groups excluding carboxylic acids is 2. The molecule has 1 atom stereocenters. The summed E-state index contributed by atoms with van der Waals surface area (Å²) >= 11 is 0. The Morgan fingerprint density at radius 1 is 1.29 bits per heavy atom. The molecule has 1 aliphatic heterocycles. The van der Waals surface area contributed by atoms with Gasteiger partial charge in [-0.15, -0.1) is 0 Å². The number of nitrogens with zero attached hydrogens (tertiary/aromatic N) is 3. The molecule has 6 nitrogen and oxygen atoms in total. The van der Waals surface area contributed by atoms with Gasteiger partial charge in [-0.1, -0.05) is 18.7 Å². The summed E-state index contributed by atoms with van der Waals surface area (Å²) in [7, 11) is 0. The highest BCUT2D eigenvalue weighted by Gasteiger charge is 2.47. The van der Waals surface area contributed by atoms with Gasteiger partial charge in [0.05, 0.1) is 19.2 Å². The Labute approximate surface area is 177 Å². The van der Waals surface area contributed by atoms with E-state index in [9.17, 15) is 22.8 Å². The summed E-state index contributed by atoms with van der Waals surface area (Å²) in [4.78, 5) is 29.7. The number of alkyl halides is 2. The van der Waals surface area contributed by atoms with Gasteiger partial charge in [-0.2, -0.15) is 5.26 Å². The van der Waals surface area contributed by atoms with Gasteiger partial charge in [-0.05, 0) is 41.3 Å². The molecule has 2 aromatic rings. The van der Waals surface area contributed by atoms with Crippen LogP contribution in [0.25, 0.3) is 5.57 Å². The van der Waals surface area contributed by atoms with E-state index < -0.39 is 43.3 Å². The molecule has 0 aliphatic carbocycles. The number of likely N-dealkylation sites (tertiary alicyclic amines) is 1. The molecule has 1 fully saturated rings. The van der Waals surface area contributed by atoms with Crippen molar-refractivity contribution in [2.45, 2.75) is 24.8 Å². The largest absolute Gasteiger partial charge is 0.343 e. The molecule has 1 saturated heterocycles. The minimum Gasteiger partial charge on any atom is -0.343 e. The molecule has 2 amide bonds. The standard InChI is InChI=1S/C22H19F3N4O2/c1-14(15-2-4-17(23)5-3-15)8-16-11-27-7-6-19(16)21(31)28-12-20(30)29-13-22(24,25)9-18(29)10-26/h2-7,11,18H,1,8-9,12-13H2,(H,28,31). The van der Waals surface area contributed by atoms with E-state index in [-0.39, 0.29) is 17.8 Å². The van der Waals surface area contributed by atoms with Gasteiger partial charge in [-0.25, -0.2) is 13.2 Å². The average Bonchev–Trinajstić information content (AvgIpc) is 3.07. The van der Waals surface area contributed by atoms with Crippen molar-refractivity contribution in [2.75, 3.05) is 13.1 Å². The number of amides is 2. The molecular formula is C22H19F3N4O2. The first-order chi connectivity index (χ1) is 14.7. The third-order valence-corrected chi connectivity index (χ3v) is 4.94. The van der Waals surface area contributed by atoms with Crippen molar-refractivity contribution in [1.82, 2.24) is 15.2 Å². The number of rotatable bonds is 6. The van der Waals surface area contributed by atoms with Crippen LogP contribution in [0.4, 0.5) is 13.2 Å². The van der Waals surface area contributed by atoms with Gasteiger partial charge in [0.2, 0.25) is 5.91 Å². The third-order valence-electron chi connectivity index (χ3n) is 4.94. The molecule has 160 valence electrons. The van der Waals surface area contributed by atoms with Crippen LogP contribution >= 0.6 is 0 Å². The van der Waals surface area contributed by atoms with E-state index in [1.54, 1.807) is 18.2 Å². The van der Waals surface area contributed by atoms with Crippen LogP contribution in [0.3, 0.4) is 0 Å². The van der Waals surface area contributed by atoms with E-state index in [1.165, 1.54) is 30.6 Å². The molecule has 1 unspecified atom stereocenters. The van der Waals surface area contributed by atoms with Crippen molar-refractivity contribution >= 4 is 17.4 Å². The van der Waals surface area contributed by atoms with Crippen molar-refractivity contribution in [3.05, 3.63) is 71.8 Å². The quantitative estimate of drug-likeness (QED) is 0.767. The Morgan fingerprint density at radius 3 is 2.68 bits per heavy atom. The Hall–Kier alpha value is -3.67. The number of halogens is 3. The van der Waals surface area contributed by atoms with Crippen LogP contribution in [0.1, 0.15) is 27.9 Å². The van der Waals surface area contributed by atoms with Crippen molar-refractivity contribution in [2.24, 2.45) is 0 Å². The number of aromatic nitrogens is 1. The van der Waals surface area contributed by atoms with Crippen molar-refractivity contribution in [1.29, 1.82) is 5.26 Å². The fraction of sp³-hybridized carbons (Fsp3) is 0.273. The fourth-order valence-electron chi connectivity index (χ4n) is 3.35. The van der Waals surface area contributed by atoms with Crippen LogP contribution < -0.4 is 5.32 Å². The third kappa shape index (κ3) is 5.28. The van der Waals surface area contributed by atoms with Crippen LogP contribution in [0.15, 0.2) is 49.3 Å². The van der Waals surface area contributed by atoms with E-state index in [0.29, 0.717) is 16.7 Å². The molecule has 0 bridgehead atoms. The van der Waals surface area contributed by atoms with Crippen LogP contribution in [0.5, 0.6) is 0 Å². The highest BCUT2D eigenvalue weighted by Crippen LogP contribution is 2.31. The molecule has 1 N–H and O–H groups in total. The summed E-state index contributed by atoms with van der Waals surface area (Å²) in [6.45, 7) is 2.59. The minimum absolute atomic E-state index is 0.245. The molecule has 31 heavy (non-hydrogen) atoms. The fourth-order valence-corrected chi connectivity index (χ4v) is 3.35. The van der Waals surface area contributed by atoms with Crippen LogP contribution in [-0.4, -0.2) is 46.8 Å². The zero-order valence-corrected chi connectivity index (χ0v) is 16.4. The molecule has 1 aromatic carbocycles. The molecule has 0 saturated carbocycles. The van der Waals surface area contributed by atoms with Crippen molar-refractivity contribution in [3.63, 3.8) is 0 Å². The number of pyridine rings is 1. The molecule has 0 radical (unpaired) electrons. The first-order valence-corrected chi connectivity index (χ1v) is 9.42. The van der Waals surface area contributed by atoms with Gasteiger partial charge in [0, 0.05) is 24.4 Å². The Bertz CT molecular complexity index is 1050. The van der Waals surface area contributed by atoms with E-state index in [1.807, 2.05) is 0 Å². The minimum atomic E-state index is -3.13. The summed E-state index contributed by atoms with van der Waals surface area (Å²) in [6.07, 6.45) is 2.43. The second-order valence-electron chi connectivity index (χ2n) is 7.23. The molecule has 3 rings (SSSR count). The van der Waals surface area contributed by atoms with E-state index in [2.05, 4.69) is 16.9 Å². The first-order valence-electron chi connectivity index (χ1n) is 9.42. The van der Waals surface area contributed by atoms with Gasteiger partial charge in [0.25, 0.3) is 11.8 Å². The number of hydrogen-bond donors (Lipinski definition) is 1. The van der Waals surface area contributed by atoms with E-state index >= 15 is 0 Å². The van der Waals surface area contributed by atoms with Gasteiger partial charge < -0.3 is 10.2 Å². The molecule has 1 aliphatic rings. The molecular weight excluding hydrogens is 409 g/mol.